The van der Waals surface area contributed by atoms with E-state index in [1.54, 1.807) is 6.20 Å². The minimum Gasteiger partial charge on any atom is -1.00 e. The second-order valence-corrected chi connectivity index (χ2v) is 25.8. The number of carbonyl (C=O) groups excluding carboxylic acids is 2. The highest BCUT2D eigenvalue weighted by atomic mass is 79.9. The Hall–Kier alpha value is -8.14. The van der Waals surface area contributed by atoms with E-state index in [1.807, 2.05) is 68.4 Å². The number of unbranched alkanes of at least 4 members (excludes halogenated alkanes) is 6. The normalized spacial score (nSPS) is 13.2. The minimum atomic E-state index is 0. The number of aliphatic hydroxyl groups is 1. The number of hydrogen-bond donors (Lipinski definition) is 1. The summed E-state index contributed by atoms with van der Waals surface area (Å²) in [4.78, 5) is 27.1. The summed E-state index contributed by atoms with van der Waals surface area (Å²) in [7, 11) is 0. The van der Waals surface area contributed by atoms with Crippen LogP contribution in [0, 0.1) is 27.7 Å². The smallest absolute Gasteiger partial charge is 0.208 e. The third-order valence-electron chi connectivity index (χ3n) is 20.0. The molecule has 1 N–H and O–H groups in total. The average Bonchev–Trinajstić information content (AvgIpc) is 1.64. The highest BCUT2D eigenvalue weighted by Gasteiger charge is 2.26. The molecule has 0 unspecified atom stereocenters. The van der Waals surface area contributed by atoms with Gasteiger partial charge in [-0.25, -0.2) is 4.57 Å². The number of rotatable bonds is 21. The Balaban J connectivity index is 0.000000200. The van der Waals surface area contributed by atoms with E-state index < -0.39 is 0 Å². The number of para-hydroxylation sites is 4. The maximum absolute atomic E-state index is 11.5. The number of pyridine rings is 4. The van der Waals surface area contributed by atoms with Crippen LogP contribution in [0.5, 0.6) is 0 Å². The molecule has 99 heavy (non-hydrogen) atoms. The highest BCUT2D eigenvalue weighted by Crippen LogP contribution is 2.35. The first kappa shape index (κ1) is 76.6. The molecule has 0 saturated heterocycles. The van der Waals surface area contributed by atoms with Crippen LogP contribution in [-0.2, 0) is 58.7 Å². The molecular weight excluding hydrogens is 1420 g/mol. The number of aryl methyl sites for hydroxylation is 9. The van der Waals surface area contributed by atoms with Gasteiger partial charge in [0.15, 0.2) is 49.9 Å². The quantitative estimate of drug-likeness (QED) is 0.0443. The van der Waals surface area contributed by atoms with Gasteiger partial charge in [0.25, 0.3) is 0 Å². The highest BCUT2D eigenvalue weighted by molar-refractivity contribution is 6.01. The van der Waals surface area contributed by atoms with Crippen molar-refractivity contribution in [1.82, 2.24) is 23.3 Å². The van der Waals surface area contributed by atoms with Crippen molar-refractivity contribution in [2.75, 3.05) is 6.61 Å². The predicted octanol–water partition coefficient (Wildman–Crippen LogP) is 8.61. The number of aldehydes is 2. The van der Waals surface area contributed by atoms with Crippen LogP contribution >= 0.6 is 0 Å². The van der Waals surface area contributed by atoms with Crippen LogP contribution in [0.1, 0.15) is 162 Å². The summed E-state index contributed by atoms with van der Waals surface area (Å²) in [5.41, 5.74) is 22.5. The molecule has 0 aliphatic carbocycles. The van der Waals surface area contributed by atoms with Gasteiger partial charge in [-0.1, -0.05) is 118 Å². The van der Waals surface area contributed by atoms with Crippen molar-refractivity contribution in [1.29, 1.82) is 0 Å². The Morgan fingerprint density at radius 1 is 0.404 bits per heavy atom. The van der Waals surface area contributed by atoms with Gasteiger partial charge in [-0.15, -0.1) is 0 Å². The second kappa shape index (κ2) is 37.3. The molecule has 0 saturated carbocycles. The SMILES string of the molecule is C.Cc1c(/C=C2\CC[n+]3ccccc32)c2ccccc2n1CCCCCCn1c(C)c(/C=C2\CC[n+]3ccccc32)c2ccccc21.Cc1c(C=O)c2ccccc2n1CCCCCCn1c(C)c(C=O)c2ccccc21.OCCCc1ccccn1.[Br-].[Br-].[Br-].c1cc[n+]2c(c1)CCC2. The zero-order chi connectivity index (χ0) is 65.5. The lowest BCUT2D eigenvalue weighted by Gasteiger charge is -2.10. The standard InChI is InChI=1S/C42H44N4.C26H28N2O2.C8H11NO.C8H10N.CH4.3BrH/c1-31-37(29-33-21-27-43-23-13-9-17-39(33)43)35-15-5-7-19-41(35)45(31)25-11-3-4-12-26-46-32(2)38(36-16-6-8-20-42(36)46)30-34-22-28-44-24-14-10-18-40(34)44;1-19-23(17-29)21-11-5-7-13-25(21)27(19)15-9-3-4-10-16-28-20(2)24(18-30)22-12-6-8-14-26(22)28;10-7-3-5-8-4-1-2-6-9-8;1-2-6-9-7-3-5-8(9)4-1;;;;/h5-10,13-20,23-24,29-30H,3-4,11-12,21-22,25-28H2,1-2H3;5-8,11-14,17-18H,3-4,9-10,15-16H2,1-2H3;1-2,4,6,10H,3,5,7H2;1-2,4,6H,3,5,7H2;1H4;3*1H/q+2;;;+1;;;;/p-3. The van der Waals surface area contributed by atoms with Gasteiger partial charge in [0.05, 0.1) is 0 Å². The number of carbonyl (C=O) groups is 2. The van der Waals surface area contributed by atoms with E-state index in [1.165, 1.54) is 118 Å². The van der Waals surface area contributed by atoms with Crippen molar-refractivity contribution in [3.05, 3.63) is 262 Å². The van der Waals surface area contributed by atoms with E-state index in [2.05, 4.69) is 197 Å². The maximum atomic E-state index is 11.5. The number of aromatic nitrogens is 8. The third-order valence-corrected chi connectivity index (χ3v) is 20.0. The summed E-state index contributed by atoms with van der Waals surface area (Å²) in [5, 5.41) is 13.3. The first-order valence-corrected chi connectivity index (χ1v) is 34.8. The Kier molecular flexibility index (Phi) is 28.9. The van der Waals surface area contributed by atoms with E-state index in [-0.39, 0.29) is 65.0 Å². The Bertz CT molecular complexity index is 4440. The largest absolute Gasteiger partial charge is 1.00 e. The molecule has 15 rings (SSSR count). The summed E-state index contributed by atoms with van der Waals surface area (Å²) in [6.45, 7) is 16.3. The van der Waals surface area contributed by atoms with Gasteiger partial charge in [-0.3, -0.25) is 14.6 Å². The number of fused-ring (bicyclic) bond motifs is 7. The fraction of sp³-hybridized carbons (Fsp3) is 0.318. The fourth-order valence-corrected chi connectivity index (χ4v) is 14.9. The van der Waals surface area contributed by atoms with Gasteiger partial charge < -0.3 is 74.3 Å². The molecular formula is C85H97Br3N8O3. The first-order chi connectivity index (χ1) is 46.7. The second-order valence-electron chi connectivity index (χ2n) is 25.8. The summed E-state index contributed by atoms with van der Waals surface area (Å²) in [6.07, 6.45) is 31.0. The minimum absolute atomic E-state index is 0. The van der Waals surface area contributed by atoms with Crippen molar-refractivity contribution in [3.8, 4) is 0 Å². The van der Waals surface area contributed by atoms with E-state index in [0.29, 0.717) is 0 Å². The van der Waals surface area contributed by atoms with E-state index >= 15 is 0 Å². The van der Waals surface area contributed by atoms with Crippen LogP contribution in [0.15, 0.2) is 195 Å². The zero-order valence-electron chi connectivity index (χ0n) is 57.3. The molecule has 0 bridgehead atoms. The van der Waals surface area contributed by atoms with Crippen molar-refractivity contribution in [3.63, 3.8) is 0 Å². The topological polar surface area (TPSA) is 98.6 Å². The number of halogens is 3. The summed E-state index contributed by atoms with van der Waals surface area (Å²) in [6, 6.07) is 59.6. The lowest BCUT2D eigenvalue weighted by molar-refractivity contribution is -0.690. The molecule has 11 heterocycles. The average molecular weight is 1520 g/mol. The molecule has 11 nitrogen and oxygen atoms in total. The Morgan fingerprint density at radius 3 is 1.15 bits per heavy atom. The fourth-order valence-electron chi connectivity index (χ4n) is 14.9. The van der Waals surface area contributed by atoms with Crippen molar-refractivity contribution in [2.24, 2.45) is 0 Å². The van der Waals surface area contributed by atoms with Crippen molar-refractivity contribution >= 4 is 79.5 Å². The Morgan fingerprint density at radius 2 is 0.768 bits per heavy atom. The van der Waals surface area contributed by atoms with Gasteiger partial charge in [0.2, 0.25) is 11.4 Å². The molecule has 516 valence electrons. The van der Waals surface area contributed by atoms with E-state index in [0.717, 1.165) is 153 Å². The molecule has 0 fully saturated rings. The van der Waals surface area contributed by atoms with Gasteiger partial charge >= 0.3 is 0 Å². The Labute approximate surface area is 617 Å². The molecule has 3 aliphatic heterocycles. The van der Waals surface area contributed by atoms with Crippen molar-refractivity contribution in [2.45, 2.75) is 171 Å². The summed E-state index contributed by atoms with van der Waals surface area (Å²) < 4.78 is 16.8. The molecule has 12 aromatic rings. The van der Waals surface area contributed by atoms with Crippen LogP contribution in [0.3, 0.4) is 0 Å². The third kappa shape index (κ3) is 17.5. The molecule has 3 aliphatic rings. The molecule has 0 spiro atoms. The van der Waals surface area contributed by atoms with E-state index in [9.17, 15) is 9.59 Å². The van der Waals surface area contributed by atoms with Crippen LogP contribution in [0.2, 0.25) is 0 Å². The number of aliphatic hydroxyl groups excluding tert-OH is 1. The lowest BCUT2D eigenvalue weighted by Crippen LogP contribution is -3.00. The van der Waals surface area contributed by atoms with Gasteiger partial charge in [-0.2, -0.15) is 9.13 Å². The lowest BCUT2D eigenvalue weighted by atomic mass is 10.0. The van der Waals surface area contributed by atoms with Crippen LogP contribution < -0.4 is 64.6 Å². The molecule has 0 atom stereocenters. The summed E-state index contributed by atoms with van der Waals surface area (Å²) in [5.74, 6) is 0. The number of allylic oxidation sites excluding steroid dienone is 2. The molecule has 0 radical (unpaired) electrons. The van der Waals surface area contributed by atoms with Gasteiger partial charge in [0, 0.05) is 207 Å². The summed E-state index contributed by atoms with van der Waals surface area (Å²) >= 11 is 0. The monoisotopic (exact) mass is 1510 g/mol. The predicted molar refractivity (Wildman–Crippen MR) is 394 cm³/mol. The zero-order valence-corrected chi connectivity index (χ0v) is 62.1. The van der Waals surface area contributed by atoms with Crippen molar-refractivity contribution < 1.29 is 79.3 Å². The molecule has 8 aromatic heterocycles. The molecule has 4 aromatic carbocycles. The van der Waals surface area contributed by atoms with E-state index in [4.69, 9.17) is 5.11 Å². The number of hydrogen-bond acceptors (Lipinski definition) is 4. The van der Waals surface area contributed by atoms with Crippen LogP contribution in [0.4, 0.5) is 0 Å². The molecule has 0 amide bonds. The molecule has 14 heteroatoms. The maximum Gasteiger partial charge on any atom is 0.208 e. The number of nitrogens with zero attached hydrogens (tertiary/aromatic N) is 8. The van der Waals surface area contributed by atoms with Gasteiger partial charge in [0.1, 0.15) is 6.54 Å². The van der Waals surface area contributed by atoms with Crippen LogP contribution in [0.25, 0.3) is 66.9 Å². The van der Waals surface area contributed by atoms with Crippen LogP contribution in [-0.4, -0.2) is 47.5 Å². The number of benzene rings is 4. The first-order valence-electron chi connectivity index (χ1n) is 34.8. The van der Waals surface area contributed by atoms with Gasteiger partial charge in [-0.05, 0) is 127 Å².